The number of alkyl halides is 3. The SMILES string of the molecule is NC(=S)NN=Cc1c(F)ccc(C(F)(F)F)c1Br. The first-order chi connectivity index (χ1) is 8.23. The predicted molar refractivity (Wildman–Crippen MR) is 66.6 cm³/mol. The molecular weight excluding hydrogens is 338 g/mol. The third kappa shape index (κ3) is 3.64. The highest BCUT2D eigenvalue weighted by Crippen LogP contribution is 2.36. The minimum Gasteiger partial charge on any atom is -0.375 e. The molecule has 0 saturated carbocycles. The van der Waals surface area contributed by atoms with E-state index in [1.54, 1.807) is 0 Å². The highest BCUT2D eigenvalue weighted by atomic mass is 79.9. The molecule has 0 unspecified atom stereocenters. The highest BCUT2D eigenvalue weighted by molar-refractivity contribution is 9.10. The Balaban J connectivity index is 3.19. The van der Waals surface area contributed by atoms with Crippen LogP contribution in [0.5, 0.6) is 0 Å². The maximum Gasteiger partial charge on any atom is 0.417 e. The Morgan fingerprint density at radius 2 is 2.06 bits per heavy atom. The third-order valence-corrected chi connectivity index (χ3v) is 2.75. The van der Waals surface area contributed by atoms with Crippen LogP contribution in [-0.4, -0.2) is 11.3 Å². The molecule has 0 radical (unpaired) electrons. The molecule has 0 spiro atoms. The topological polar surface area (TPSA) is 50.4 Å². The van der Waals surface area contributed by atoms with Crippen LogP contribution in [0.15, 0.2) is 21.7 Å². The normalized spacial score (nSPS) is 11.8. The fourth-order valence-electron chi connectivity index (χ4n) is 1.07. The summed E-state index contributed by atoms with van der Waals surface area (Å²) in [6, 6.07) is 1.34. The summed E-state index contributed by atoms with van der Waals surface area (Å²) >= 11 is 7.12. The molecule has 0 amide bonds. The Kier molecular flexibility index (Phi) is 4.63. The van der Waals surface area contributed by atoms with Crippen LogP contribution in [0.25, 0.3) is 0 Å². The summed E-state index contributed by atoms with van der Waals surface area (Å²) in [7, 11) is 0. The largest absolute Gasteiger partial charge is 0.417 e. The van der Waals surface area contributed by atoms with Gasteiger partial charge in [-0.05, 0) is 40.3 Å². The summed E-state index contributed by atoms with van der Waals surface area (Å²) in [4.78, 5) is 0. The number of nitrogens with zero attached hydrogens (tertiary/aromatic N) is 1. The van der Waals surface area contributed by atoms with Crippen molar-refractivity contribution in [1.82, 2.24) is 5.43 Å². The van der Waals surface area contributed by atoms with Crippen LogP contribution in [0.2, 0.25) is 0 Å². The smallest absolute Gasteiger partial charge is 0.375 e. The average Bonchev–Trinajstić information content (AvgIpc) is 2.20. The van der Waals surface area contributed by atoms with Gasteiger partial charge in [0.25, 0.3) is 0 Å². The van der Waals surface area contributed by atoms with Crippen molar-refractivity contribution in [3.05, 3.63) is 33.5 Å². The molecule has 0 bridgehead atoms. The van der Waals surface area contributed by atoms with Crippen LogP contribution in [0.3, 0.4) is 0 Å². The Labute approximate surface area is 113 Å². The molecule has 3 nitrogen and oxygen atoms in total. The Hall–Kier alpha value is -1.22. The molecule has 18 heavy (non-hydrogen) atoms. The zero-order valence-electron chi connectivity index (χ0n) is 8.55. The second-order valence-electron chi connectivity index (χ2n) is 3.05. The Morgan fingerprint density at radius 3 is 2.56 bits per heavy atom. The monoisotopic (exact) mass is 343 g/mol. The Morgan fingerprint density at radius 1 is 1.44 bits per heavy atom. The van der Waals surface area contributed by atoms with Gasteiger partial charge in [0, 0.05) is 10.0 Å². The van der Waals surface area contributed by atoms with Crippen LogP contribution >= 0.6 is 28.1 Å². The number of halogens is 5. The quantitative estimate of drug-likeness (QED) is 0.375. The molecule has 0 aliphatic rings. The van der Waals surface area contributed by atoms with Crippen molar-refractivity contribution >= 4 is 39.5 Å². The van der Waals surface area contributed by atoms with E-state index in [1.807, 2.05) is 0 Å². The maximum absolute atomic E-state index is 13.4. The van der Waals surface area contributed by atoms with Crippen molar-refractivity contribution in [3.8, 4) is 0 Å². The number of hydrogen-bond acceptors (Lipinski definition) is 2. The number of benzene rings is 1. The molecular formula is C9H6BrF4N3S. The van der Waals surface area contributed by atoms with Crippen LogP contribution < -0.4 is 11.2 Å². The first kappa shape index (κ1) is 14.8. The standard InChI is InChI=1S/C9H6BrF4N3S/c10-7-4(3-16-17-8(15)18)6(11)2-1-5(7)9(12,13)14/h1-3H,(H3,15,17,18). The summed E-state index contributed by atoms with van der Waals surface area (Å²) in [5, 5.41) is 3.22. The first-order valence-electron chi connectivity index (χ1n) is 4.37. The summed E-state index contributed by atoms with van der Waals surface area (Å²) in [6.07, 6.45) is -3.74. The lowest BCUT2D eigenvalue weighted by Gasteiger charge is -2.11. The molecule has 3 N–H and O–H groups in total. The minimum atomic E-state index is -4.59. The number of hydrogen-bond donors (Lipinski definition) is 2. The van der Waals surface area contributed by atoms with Gasteiger partial charge in [-0.3, -0.25) is 5.43 Å². The zero-order valence-corrected chi connectivity index (χ0v) is 11.0. The number of rotatable bonds is 2. The van der Waals surface area contributed by atoms with E-state index in [1.165, 1.54) is 0 Å². The van der Waals surface area contributed by atoms with E-state index in [0.717, 1.165) is 6.21 Å². The van der Waals surface area contributed by atoms with Gasteiger partial charge < -0.3 is 5.73 Å². The molecule has 0 atom stereocenters. The second-order valence-corrected chi connectivity index (χ2v) is 4.29. The van der Waals surface area contributed by atoms with Crippen molar-refractivity contribution in [2.45, 2.75) is 6.18 Å². The van der Waals surface area contributed by atoms with Gasteiger partial charge in [0.2, 0.25) is 0 Å². The number of hydrazone groups is 1. The molecule has 0 saturated heterocycles. The van der Waals surface area contributed by atoms with E-state index in [0.29, 0.717) is 12.1 Å². The van der Waals surface area contributed by atoms with E-state index >= 15 is 0 Å². The van der Waals surface area contributed by atoms with Crippen LogP contribution in [0.1, 0.15) is 11.1 Å². The van der Waals surface area contributed by atoms with Gasteiger partial charge in [0.05, 0.1) is 11.8 Å². The molecule has 1 aromatic rings. The molecule has 0 aliphatic heterocycles. The van der Waals surface area contributed by atoms with E-state index in [4.69, 9.17) is 5.73 Å². The lowest BCUT2D eigenvalue weighted by atomic mass is 10.1. The minimum absolute atomic E-state index is 0.185. The molecule has 1 aromatic carbocycles. The number of thiocarbonyl (C=S) groups is 1. The van der Waals surface area contributed by atoms with E-state index in [-0.39, 0.29) is 10.7 Å². The van der Waals surface area contributed by atoms with E-state index in [9.17, 15) is 17.6 Å². The summed E-state index contributed by atoms with van der Waals surface area (Å²) in [5.74, 6) is -0.858. The number of nitrogens with one attached hydrogen (secondary N) is 1. The lowest BCUT2D eigenvalue weighted by Crippen LogP contribution is -2.24. The van der Waals surface area contributed by atoms with Crippen LogP contribution in [0, 0.1) is 5.82 Å². The Bertz CT molecular complexity index is 501. The molecule has 0 heterocycles. The molecule has 0 aromatic heterocycles. The van der Waals surface area contributed by atoms with E-state index in [2.05, 4.69) is 38.7 Å². The molecule has 9 heteroatoms. The fraction of sp³-hybridized carbons (Fsp3) is 0.111. The number of nitrogens with two attached hydrogens (primary N) is 1. The summed E-state index contributed by atoms with van der Waals surface area (Å²) in [5.41, 5.74) is 5.82. The highest BCUT2D eigenvalue weighted by Gasteiger charge is 2.34. The van der Waals surface area contributed by atoms with Crippen molar-refractivity contribution < 1.29 is 17.6 Å². The van der Waals surface area contributed by atoms with Gasteiger partial charge in [-0.2, -0.15) is 18.3 Å². The summed E-state index contributed by atoms with van der Waals surface area (Å²) in [6.45, 7) is 0. The predicted octanol–water partition coefficient (Wildman–Crippen LogP) is 2.77. The second kappa shape index (κ2) is 5.61. The van der Waals surface area contributed by atoms with Crippen molar-refractivity contribution in [2.24, 2.45) is 10.8 Å². The molecule has 0 aliphatic carbocycles. The van der Waals surface area contributed by atoms with Crippen molar-refractivity contribution in [1.29, 1.82) is 0 Å². The fourth-order valence-corrected chi connectivity index (χ4v) is 1.77. The van der Waals surface area contributed by atoms with Gasteiger partial charge in [0.1, 0.15) is 5.82 Å². The van der Waals surface area contributed by atoms with Crippen molar-refractivity contribution in [2.75, 3.05) is 0 Å². The van der Waals surface area contributed by atoms with Crippen LogP contribution in [0.4, 0.5) is 17.6 Å². The van der Waals surface area contributed by atoms with Gasteiger partial charge in [-0.1, -0.05) is 0 Å². The molecule has 98 valence electrons. The van der Waals surface area contributed by atoms with Gasteiger partial charge in [-0.25, -0.2) is 4.39 Å². The lowest BCUT2D eigenvalue weighted by molar-refractivity contribution is -0.138. The zero-order chi connectivity index (χ0) is 13.9. The maximum atomic E-state index is 13.4. The molecule has 1 rings (SSSR count). The molecule has 0 fully saturated rings. The van der Waals surface area contributed by atoms with Gasteiger partial charge in [0.15, 0.2) is 5.11 Å². The van der Waals surface area contributed by atoms with E-state index < -0.39 is 22.0 Å². The van der Waals surface area contributed by atoms with Gasteiger partial charge >= 0.3 is 6.18 Å². The summed E-state index contributed by atoms with van der Waals surface area (Å²) < 4.78 is 50.6. The van der Waals surface area contributed by atoms with Gasteiger partial charge in [-0.15, -0.1) is 0 Å². The first-order valence-corrected chi connectivity index (χ1v) is 5.57. The average molecular weight is 344 g/mol. The third-order valence-electron chi connectivity index (χ3n) is 1.80. The van der Waals surface area contributed by atoms with Crippen LogP contribution in [-0.2, 0) is 6.18 Å². The van der Waals surface area contributed by atoms with Crippen molar-refractivity contribution in [3.63, 3.8) is 0 Å².